The topological polar surface area (TPSA) is 120 Å². The molecule has 1 unspecified atom stereocenters. The average molecular weight is 613 g/mol. The Morgan fingerprint density at radius 3 is 2.33 bits per heavy atom. The van der Waals surface area contributed by atoms with Crippen molar-refractivity contribution in [3.63, 3.8) is 0 Å². The van der Waals surface area contributed by atoms with Gasteiger partial charge in [0.05, 0.1) is 40.3 Å². The average Bonchev–Trinajstić information content (AvgIpc) is 3.64. The third kappa shape index (κ3) is 7.31. The van der Waals surface area contributed by atoms with Gasteiger partial charge < -0.3 is 16.4 Å². The van der Waals surface area contributed by atoms with Crippen LogP contribution < -0.4 is 11.5 Å². The number of aliphatic imine (C=N–C) groups is 1. The summed E-state index contributed by atoms with van der Waals surface area (Å²) in [6.07, 6.45) is -4.56. The van der Waals surface area contributed by atoms with Crippen LogP contribution in [0.3, 0.4) is 0 Å². The lowest BCUT2D eigenvalue weighted by Crippen LogP contribution is -2.32. The van der Waals surface area contributed by atoms with Crippen molar-refractivity contribution in [2.24, 2.45) is 16.5 Å². The zero-order chi connectivity index (χ0) is 30.8. The SMILES string of the molecule is CC(N)C(N)=O.O=C1N=C(N2CCCC2)S/C1=C\c1ccc2c(cnn2Cc2ccc(C(F)(F)F)cc2C(F)(F)F)c1. The van der Waals surface area contributed by atoms with E-state index in [2.05, 4.69) is 20.7 Å². The van der Waals surface area contributed by atoms with Gasteiger partial charge in [0.25, 0.3) is 5.91 Å². The maximum atomic E-state index is 13.5. The van der Waals surface area contributed by atoms with E-state index < -0.39 is 35.4 Å². The number of nitrogens with zero attached hydrogens (tertiary/aromatic N) is 4. The van der Waals surface area contributed by atoms with Crippen LogP contribution in [0.4, 0.5) is 26.3 Å². The van der Waals surface area contributed by atoms with Crippen LogP contribution in [-0.4, -0.2) is 50.8 Å². The number of thioether (sulfide) groups is 1. The first-order valence-electron chi connectivity index (χ1n) is 12.7. The number of amides is 2. The molecule has 5 rings (SSSR count). The largest absolute Gasteiger partial charge is 0.416 e. The van der Waals surface area contributed by atoms with Gasteiger partial charge in [-0.3, -0.25) is 14.3 Å². The molecule has 8 nitrogen and oxygen atoms in total. The summed E-state index contributed by atoms with van der Waals surface area (Å²) < 4.78 is 80.7. The van der Waals surface area contributed by atoms with Gasteiger partial charge in [0.15, 0.2) is 5.17 Å². The molecule has 0 aliphatic carbocycles. The number of halogens is 6. The highest BCUT2D eigenvalue weighted by atomic mass is 32.2. The molecule has 3 heterocycles. The number of carbonyl (C=O) groups is 2. The number of nitrogens with two attached hydrogens (primary N) is 2. The van der Waals surface area contributed by atoms with Crippen molar-refractivity contribution < 1.29 is 35.9 Å². The summed E-state index contributed by atoms with van der Waals surface area (Å²) in [5.41, 5.74) is 7.79. The van der Waals surface area contributed by atoms with E-state index in [1.54, 1.807) is 31.2 Å². The second kappa shape index (κ2) is 12.2. The molecule has 3 aromatic rings. The summed E-state index contributed by atoms with van der Waals surface area (Å²) >= 11 is 1.31. The standard InChI is InChI=1S/C24H18F6N4OS.C3H8N2O/c25-23(26,27)17-5-4-15(18(11-17)24(28,29)30)13-34-19-6-3-14(9-16(19)12-31-34)10-20-21(35)32-22(36-20)33-7-1-2-8-33;1-2(4)3(5)6/h3-6,9-12H,1-2,7-8,13H2;2H,4H2,1H3,(H2,5,6)/b20-10-;. The van der Waals surface area contributed by atoms with Crippen molar-refractivity contribution >= 4 is 45.7 Å². The van der Waals surface area contributed by atoms with E-state index >= 15 is 0 Å². The number of hydrogen-bond acceptors (Lipinski definition) is 6. The van der Waals surface area contributed by atoms with Crippen LogP contribution in [0.15, 0.2) is 52.5 Å². The van der Waals surface area contributed by atoms with Crippen LogP contribution in [0.25, 0.3) is 17.0 Å². The molecule has 2 amide bonds. The molecular formula is C27H26F6N6O2S. The Balaban J connectivity index is 0.000000612. The fourth-order valence-corrected chi connectivity index (χ4v) is 5.20. The van der Waals surface area contributed by atoms with Gasteiger partial charge >= 0.3 is 12.4 Å². The number of primary amides is 1. The number of aromatic nitrogens is 2. The Bertz CT molecular complexity index is 1550. The summed E-state index contributed by atoms with van der Waals surface area (Å²) in [7, 11) is 0. The quantitative estimate of drug-likeness (QED) is 0.316. The third-order valence-electron chi connectivity index (χ3n) is 6.46. The number of amidine groups is 1. The van der Waals surface area contributed by atoms with Crippen molar-refractivity contribution in [2.45, 2.75) is 44.7 Å². The number of rotatable bonds is 4. The molecule has 2 aromatic carbocycles. The van der Waals surface area contributed by atoms with Crippen molar-refractivity contribution in [2.75, 3.05) is 13.1 Å². The molecule has 15 heteroatoms. The van der Waals surface area contributed by atoms with Crippen LogP contribution >= 0.6 is 11.8 Å². The van der Waals surface area contributed by atoms with Crippen LogP contribution in [0.1, 0.15) is 42.0 Å². The Hall–Kier alpha value is -3.85. The van der Waals surface area contributed by atoms with Crippen molar-refractivity contribution in [1.82, 2.24) is 14.7 Å². The van der Waals surface area contributed by atoms with E-state index in [1.165, 1.54) is 22.6 Å². The molecule has 0 spiro atoms. The zero-order valence-electron chi connectivity index (χ0n) is 22.2. The molecule has 1 saturated heterocycles. The fraction of sp³-hybridized carbons (Fsp3) is 0.333. The predicted molar refractivity (Wildman–Crippen MR) is 147 cm³/mol. The van der Waals surface area contributed by atoms with Gasteiger partial charge in [0.2, 0.25) is 5.91 Å². The second-order valence-corrected chi connectivity index (χ2v) is 10.7. The number of hydrogen-bond donors (Lipinski definition) is 2. The zero-order valence-corrected chi connectivity index (χ0v) is 23.0. The molecule has 1 atom stereocenters. The number of fused-ring (bicyclic) bond motifs is 1. The lowest BCUT2D eigenvalue weighted by atomic mass is 10.0. The number of benzene rings is 2. The highest BCUT2D eigenvalue weighted by Gasteiger charge is 2.38. The van der Waals surface area contributed by atoms with E-state index in [9.17, 15) is 35.9 Å². The molecule has 1 aromatic heterocycles. The maximum absolute atomic E-state index is 13.5. The first kappa shape index (κ1) is 31.1. The molecule has 0 radical (unpaired) electrons. The summed E-state index contributed by atoms with van der Waals surface area (Å²) in [6, 6.07) is 6.18. The predicted octanol–water partition coefficient (Wildman–Crippen LogP) is 5.01. The molecule has 0 saturated carbocycles. The number of carbonyl (C=O) groups excluding carboxylic acids is 2. The summed E-state index contributed by atoms with van der Waals surface area (Å²) in [6.45, 7) is 2.92. The van der Waals surface area contributed by atoms with Gasteiger partial charge in [0, 0.05) is 18.5 Å². The lowest BCUT2D eigenvalue weighted by molar-refractivity contribution is -0.143. The molecule has 0 bridgehead atoms. The molecule has 4 N–H and O–H groups in total. The van der Waals surface area contributed by atoms with E-state index in [0.717, 1.165) is 32.0 Å². The normalized spacial score (nSPS) is 17.4. The third-order valence-corrected chi connectivity index (χ3v) is 7.51. The highest BCUT2D eigenvalue weighted by molar-refractivity contribution is 8.18. The smallest absolute Gasteiger partial charge is 0.368 e. The Labute approximate surface area is 240 Å². The Kier molecular flexibility index (Phi) is 9.01. The first-order valence-corrected chi connectivity index (χ1v) is 13.5. The minimum atomic E-state index is -4.96. The molecule has 2 aliphatic rings. The van der Waals surface area contributed by atoms with Crippen molar-refractivity contribution in [3.8, 4) is 0 Å². The van der Waals surface area contributed by atoms with Crippen molar-refractivity contribution in [3.05, 3.63) is 69.8 Å². The molecule has 2 aliphatic heterocycles. The molecular weight excluding hydrogens is 586 g/mol. The van der Waals surface area contributed by atoms with Gasteiger partial charge in [-0.1, -0.05) is 12.1 Å². The van der Waals surface area contributed by atoms with E-state index in [1.807, 2.05) is 0 Å². The summed E-state index contributed by atoms with van der Waals surface area (Å²) in [5, 5.41) is 5.44. The number of alkyl halides is 6. The van der Waals surface area contributed by atoms with Crippen molar-refractivity contribution in [1.29, 1.82) is 0 Å². The van der Waals surface area contributed by atoms with E-state index in [-0.39, 0.29) is 24.1 Å². The molecule has 42 heavy (non-hydrogen) atoms. The highest BCUT2D eigenvalue weighted by Crippen LogP contribution is 2.38. The van der Waals surface area contributed by atoms with Crippen LogP contribution in [0.2, 0.25) is 0 Å². The van der Waals surface area contributed by atoms with Gasteiger partial charge in [-0.25, -0.2) is 0 Å². The second-order valence-electron chi connectivity index (χ2n) is 9.68. The van der Waals surface area contributed by atoms with Crippen LogP contribution in [0.5, 0.6) is 0 Å². The van der Waals surface area contributed by atoms with E-state index in [0.29, 0.717) is 32.6 Å². The van der Waals surface area contributed by atoms with Crippen LogP contribution in [0, 0.1) is 0 Å². The van der Waals surface area contributed by atoms with Gasteiger partial charge in [0.1, 0.15) is 0 Å². The Morgan fingerprint density at radius 1 is 1.07 bits per heavy atom. The van der Waals surface area contributed by atoms with Gasteiger partial charge in [-0.15, -0.1) is 0 Å². The maximum Gasteiger partial charge on any atom is 0.416 e. The molecule has 1 fully saturated rings. The van der Waals surface area contributed by atoms with Crippen LogP contribution in [-0.2, 0) is 28.5 Å². The fourth-order valence-electron chi connectivity index (χ4n) is 4.23. The van der Waals surface area contributed by atoms with E-state index in [4.69, 9.17) is 5.73 Å². The number of likely N-dealkylation sites (tertiary alicyclic amines) is 1. The first-order chi connectivity index (χ1) is 19.6. The molecule has 224 valence electrons. The minimum Gasteiger partial charge on any atom is -0.368 e. The summed E-state index contributed by atoms with van der Waals surface area (Å²) in [5.74, 6) is -0.783. The summed E-state index contributed by atoms with van der Waals surface area (Å²) in [4.78, 5) is 28.8. The lowest BCUT2D eigenvalue weighted by Gasteiger charge is -2.16. The Morgan fingerprint density at radius 2 is 1.74 bits per heavy atom. The van der Waals surface area contributed by atoms with Gasteiger partial charge in [-0.2, -0.15) is 36.4 Å². The van der Waals surface area contributed by atoms with Gasteiger partial charge in [-0.05, 0) is 73.0 Å². The monoisotopic (exact) mass is 612 g/mol. The minimum absolute atomic E-state index is 0.125.